The second-order valence-electron chi connectivity index (χ2n) is 9.11. The molecule has 178 valence electrons. The molecule has 4 rings (SSSR count). The fraction of sp³-hybridized carbons (Fsp3) is 0.480. The zero-order valence-electron chi connectivity index (χ0n) is 19.4. The lowest BCUT2D eigenvalue weighted by Gasteiger charge is -2.46. The van der Waals surface area contributed by atoms with Gasteiger partial charge in [-0.3, -0.25) is 9.69 Å². The summed E-state index contributed by atoms with van der Waals surface area (Å²) in [5.41, 5.74) is 9.95. The number of carbonyl (C=O) groups is 3. The molecule has 1 aliphatic carbocycles. The van der Waals surface area contributed by atoms with Crippen molar-refractivity contribution in [2.24, 2.45) is 11.7 Å². The highest BCUT2D eigenvalue weighted by Gasteiger charge is 2.42. The SMILES string of the molecule is CCCN1CC(C(N)=O)C[C@@H]2c3cccc4c3c(cn4C(C)C)C[C@H]21.O=C(O)/C=C\C(=O)O. The summed E-state index contributed by atoms with van der Waals surface area (Å²) < 4.78 is 2.40. The van der Waals surface area contributed by atoms with Crippen LogP contribution in [0.4, 0.5) is 0 Å². The molecule has 0 bridgehead atoms. The van der Waals surface area contributed by atoms with Crippen LogP contribution in [0.3, 0.4) is 0 Å². The fourth-order valence-electron chi connectivity index (χ4n) is 5.25. The first-order valence-electron chi connectivity index (χ1n) is 11.4. The van der Waals surface area contributed by atoms with Gasteiger partial charge in [0, 0.05) is 53.8 Å². The standard InChI is InChI=1S/C21H29N3O.C4H4O4/c1-4-8-23-11-15(21(22)25)9-17-16-6-5-7-18-20(16)14(10-19(17)23)12-24(18)13(2)3;5-3(6)1-2-4(7)8/h5-7,12-13,15,17,19H,4,8-11H2,1-3H3,(H2,22,25);1-2H,(H,5,6)(H,7,8)/b;2-1-/t15?,17-,19-;/m1./s1. The van der Waals surface area contributed by atoms with Crippen molar-refractivity contribution in [2.75, 3.05) is 13.1 Å². The summed E-state index contributed by atoms with van der Waals surface area (Å²) >= 11 is 0. The van der Waals surface area contributed by atoms with Crippen molar-refractivity contribution >= 4 is 28.7 Å². The van der Waals surface area contributed by atoms with Gasteiger partial charge in [-0.25, -0.2) is 9.59 Å². The number of aliphatic carboxylic acids is 2. The Hall–Kier alpha value is -3.13. The lowest BCUT2D eigenvalue weighted by molar-refractivity contribution is -0.134. The Balaban J connectivity index is 0.000000331. The van der Waals surface area contributed by atoms with Crippen LogP contribution in [0.25, 0.3) is 10.9 Å². The Labute approximate surface area is 193 Å². The first kappa shape index (κ1) is 24.5. The topological polar surface area (TPSA) is 126 Å². The van der Waals surface area contributed by atoms with E-state index in [4.69, 9.17) is 15.9 Å². The molecule has 0 radical (unpaired) electrons. The van der Waals surface area contributed by atoms with Gasteiger partial charge in [0.25, 0.3) is 0 Å². The minimum Gasteiger partial charge on any atom is -0.478 e. The van der Waals surface area contributed by atoms with Gasteiger partial charge in [0.05, 0.1) is 5.92 Å². The maximum absolute atomic E-state index is 12.0. The monoisotopic (exact) mass is 455 g/mol. The molecule has 2 aromatic rings. The van der Waals surface area contributed by atoms with E-state index in [0.29, 0.717) is 30.2 Å². The Kier molecular flexibility index (Phi) is 7.58. The quantitative estimate of drug-likeness (QED) is 0.575. The number of piperidine rings is 1. The van der Waals surface area contributed by atoms with Crippen LogP contribution in [-0.2, 0) is 20.8 Å². The second kappa shape index (κ2) is 10.2. The molecule has 2 aliphatic rings. The summed E-state index contributed by atoms with van der Waals surface area (Å²) in [5.74, 6) is -2.27. The number of carboxylic acid groups (broad SMARTS) is 2. The molecule has 1 unspecified atom stereocenters. The molecule has 1 amide bonds. The summed E-state index contributed by atoms with van der Waals surface area (Å²) in [7, 11) is 0. The van der Waals surface area contributed by atoms with Crippen molar-refractivity contribution < 1.29 is 24.6 Å². The molecule has 4 N–H and O–H groups in total. The zero-order valence-corrected chi connectivity index (χ0v) is 19.4. The Morgan fingerprint density at radius 3 is 2.39 bits per heavy atom. The third kappa shape index (κ3) is 5.27. The van der Waals surface area contributed by atoms with E-state index >= 15 is 0 Å². The van der Waals surface area contributed by atoms with Gasteiger partial charge < -0.3 is 20.5 Å². The van der Waals surface area contributed by atoms with Crippen molar-refractivity contribution in [1.82, 2.24) is 9.47 Å². The third-order valence-corrected chi connectivity index (χ3v) is 6.56. The van der Waals surface area contributed by atoms with Gasteiger partial charge in [0.1, 0.15) is 0 Å². The van der Waals surface area contributed by atoms with Gasteiger partial charge in [-0.15, -0.1) is 0 Å². The van der Waals surface area contributed by atoms with Crippen LogP contribution < -0.4 is 5.73 Å². The highest BCUT2D eigenvalue weighted by atomic mass is 16.4. The van der Waals surface area contributed by atoms with E-state index in [9.17, 15) is 14.4 Å². The number of nitrogens with zero attached hydrogens (tertiary/aromatic N) is 2. The second-order valence-corrected chi connectivity index (χ2v) is 9.11. The first-order valence-corrected chi connectivity index (χ1v) is 11.4. The predicted octanol–water partition coefficient (Wildman–Crippen LogP) is 3.16. The van der Waals surface area contributed by atoms with Crippen molar-refractivity contribution in [2.45, 2.75) is 58.0 Å². The number of aromatic nitrogens is 1. The summed E-state index contributed by atoms with van der Waals surface area (Å²) in [5, 5.41) is 17.1. The minimum absolute atomic E-state index is 0.0307. The molecule has 1 fully saturated rings. The molecule has 2 heterocycles. The van der Waals surface area contributed by atoms with E-state index in [0.717, 1.165) is 32.4 Å². The van der Waals surface area contributed by atoms with Crippen LogP contribution in [0, 0.1) is 5.92 Å². The van der Waals surface area contributed by atoms with Gasteiger partial charge in [0.2, 0.25) is 5.91 Å². The Bertz CT molecular complexity index is 1060. The normalized spacial score (nSPS) is 22.1. The molecule has 3 atom stereocenters. The van der Waals surface area contributed by atoms with Crippen molar-refractivity contribution in [3.8, 4) is 0 Å². The van der Waals surface area contributed by atoms with Gasteiger partial charge in [0.15, 0.2) is 0 Å². The molecular formula is C25H33N3O5. The molecule has 1 aromatic heterocycles. The summed E-state index contributed by atoms with van der Waals surface area (Å²) in [6.07, 6.45) is 6.57. The smallest absolute Gasteiger partial charge is 0.328 e. The number of carbonyl (C=O) groups excluding carboxylic acids is 1. The number of fused-ring (bicyclic) bond motifs is 2. The van der Waals surface area contributed by atoms with Crippen LogP contribution in [0.15, 0.2) is 36.5 Å². The van der Waals surface area contributed by atoms with E-state index in [1.165, 1.54) is 22.0 Å². The first-order chi connectivity index (χ1) is 15.6. The largest absolute Gasteiger partial charge is 0.478 e. The number of amides is 1. The van der Waals surface area contributed by atoms with Gasteiger partial charge >= 0.3 is 11.9 Å². The van der Waals surface area contributed by atoms with E-state index in [2.05, 4.69) is 54.6 Å². The minimum atomic E-state index is -1.26. The van der Waals surface area contributed by atoms with E-state index in [1.807, 2.05) is 0 Å². The maximum atomic E-state index is 12.0. The molecule has 1 saturated heterocycles. The maximum Gasteiger partial charge on any atom is 0.328 e. The summed E-state index contributed by atoms with van der Waals surface area (Å²) in [4.78, 5) is 33.6. The summed E-state index contributed by atoms with van der Waals surface area (Å²) in [6.45, 7) is 8.56. The highest BCUT2D eigenvalue weighted by molar-refractivity contribution is 5.90. The van der Waals surface area contributed by atoms with Gasteiger partial charge in [-0.05, 0) is 56.8 Å². The van der Waals surface area contributed by atoms with Crippen molar-refractivity contribution in [3.05, 3.63) is 47.7 Å². The van der Waals surface area contributed by atoms with Crippen LogP contribution in [0.2, 0.25) is 0 Å². The van der Waals surface area contributed by atoms with Crippen LogP contribution >= 0.6 is 0 Å². The predicted molar refractivity (Wildman–Crippen MR) is 126 cm³/mol. The van der Waals surface area contributed by atoms with Gasteiger partial charge in [-0.2, -0.15) is 0 Å². The lowest BCUT2D eigenvalue weighted by atomic mass is 9.72. The number of benzene rings is 1. The molecule has 33 heavy (non-hydrogen) atoms. The average molecular weight is 456 g/mol. The molecule has 0 saturated carbocycles. The number of rotatable bonds is 6. The molecule has 1 aliphatic heterocycles. The highest BCUT2D eigenvalue weighted by Crippen LogP contribution is 2.45. The van der Waals surface area contributed by atoms with Crippen LogP contribution in [0.1, 0.15) is 56.7 Å². The number of primary amides is 1. The molecular weight excluding hydrogens is 422 g/mol. The Morgan fingerprint density at radius 1 is 1.18 bits per heavy atom. The van der Waals surface area contributed by atoms with Gasteiger partial charge in [-0.1, -0.05) is 19.1 Å². The van der Waals surface area contributed by atoms with E-state index < -0.39 is 11.9 Å². The number of hydrogen-bond donors (Lipinski definition) is 3. The molecule has 1 aromatic carbocycles. The van der Waals surface area contributed by atoms with E-state index in [-0.39, 0.29) is 11.8 Å². The Morgan fingerprint density at radius 2 is 1.85 bits per heavy atom. The molecule has 8 heteroatoms. The third-order valence-electron chi connectivity index (χ3n) is 6.56. The van der Waals surface area contributed by atoms with Crippen LogP contribution in [-0.4, -0.2) is 56.7 Å². The molecule has 0 spiro atoms. The fourth-order valence-corrected chi connectivity index (χ4v) is 5.25. The number of nitrogens with two attached hydrogens (primary N) is 1. The van der Waals surface area contributed by atoms with E-state index in [1.54, 1.807) is 0 Å². The van der Waals surface area contributed by atoms with Crippen LogP contribution in [0.5, 0.6) is 0 Å². The zero-order chi connectivity index (χ0) is 24.3. The van der Waals surface area contributed by atoms with Crippen molar-refractivity contribution in [3.63, 3.8) is 0 Å². The number of carboxylic acids is 2. The average Bonchev–Trinajstić information content (AvgIpc) is 3.13. The number of likely N-dealkylation sites (tertiary alicyclic amines) is 1. The molecule has 8 nitrogen and oxygen atoms in total. The lowest BCUT2D eigenvalue weighted by Crippen LogP contribution is -2.52. The van der Waals surface area contributed by atoms with Crippen molar-refractivity contribution in [1.29, 1.82) is 0 Å². The number of hydrogen-bond acceptors (Lipinski definition) is 4. The summed E-state index contributed by atoms with van der Waals surface area (Å²) in [6, 6.07) is 7.65.